The van der Waals surface area contributed by atoms with E-state index in [9.17, 15) is 8.42 Å². The van der Waals surface area contributed by atoms with Gasteiger partial charge in [-0.15, -0.1) is 0 Å². The molecule has 0 aliphatic carbocycles. The number of para-hydroxylation sites is 1. The molecule has 0 spiro atoms. The van der Waals surface area contributed by atoms with Crippen LogP contribution in [0.1, 0.15) is 12.5 Å². The SMILES string of the molecule is Cc1ccccc1NS(=O)(=O)C(C)CO. The highest BCUT2D eigenvalue weighted by atomic mass is 32.2. The quantitative estimate of drug-likeness (QED) is 0.813. The third-order valence-corrected chi connectivity index (χ3v) is 3.90. The summed E-state index contributed by atoms with van der Waals surface area (Å²) >= 11 is 0. The van der Waals surface area contributed by atoms with Gasteiger partial charge in [0.05, 0.1) is 12.3 Å². The van der Waals surface area contributed by atoms with Crippen LogP contribution < -0.4 is 4.72 Å². The van der Waals surface area contributed by atoms with Gasteiger partial charge in [0.2, 0.25) is 10.0 Å². The molecule has 1 aromatic carbocycles. The molecule has 15 heavy (non-hydrogen) atoms. The number of benzene rings is 1. The minimum Gasteiger partial charge on any atom is -0.395 e. The third-order valence-electron chi connectivity index (χ3n) is 2.18. The molecule has 0 heterocycles. The molecular formula is C10H15NO3S. The van der Waals surface area contributed by atoms with E-state index in [0.717, 1.165) is 5.56 Å². The fraction of sp³-hybridized carbons (Fsp3) is 0.400. The van der Waals surface area contributed by atoms with Gasteiger partial charge in [-0.3, -0.25) is 4.72 Å². The standard InChI is InChI=1S/C10H15NO3S/c1-8-5-3-4-6-10(8)11-15(13,14)9(2)7-12/h3-6,9,11-12H,7H2,1-2H3. The van der Waals surface area contributed by atoms with Crippen LogP contribution in [0.15, 0.2) is 24.3 Å². The summed E-state index contributed by atoms with van der Waals surface area (Å²) in [6, 6.07) is 7.11. The summed E-state index contributed by atoms with van der Waals surface area (Å²) in [7, 11) is -3.49. The number of aryl methyl sites for hydroxylation is 1. The molecule has 1 rings (SSSR count). The number of anilines is 1. The van der Waals surface area contributed by atoms with E-state index in [1.807, 2.05) is 19.1 Å². The van der Waals surface area contributed by atoms with Crippen LogP contribution in [-0.2, 0) is 10.0 Å². The molecule has 1 atom stereocenters. The first-order valence-corrected chi connectivity index (χ1v) is 6.20. The van der Waals surface area contributed by atoms with Gasteiger partial charge in [-0.1, -0.05) is 18.2 Å². The van der Waals surface area contributed by atoms with Crippen LogP contribution in [0.3, 0.4) is 0 Å². The lowest BCUT2D eigenvalue weighted by Gasteiger charge is -2.13. The molecule has 5 heteroatoms. The highest BCUT2D eigenvalue weighted by Gasteiger charge is 2.19. The van der Waals surface area contributed by atoms with Crippen molar-refractivity contribution < 1.29 is 13.5 Å². The summed E-state index contributed by atoms with van der Waals surface area (Å²) < 4.78 is 25.7. The summed E-state index contributed by atoms with van der Waals surface area (Å²) in [6.07, 6.45) is 0. The topological polar surface area (TPSA) is 66.4 Å². The Kier molecular flexibility index (Phi) is 3.71. The van der Waals surface area contributed by atoms with Crippen molar-refractivity contribution in [3.05, 3.63) is 29.8 Å². The van der Waals surface area contributed by atoms with E-state index in [1.54, 1.807) is 12.1 Å². The smallest absolute Gasteiger partial charge is 0.237 e. The fourth-order valence-corrected chi connectivity index (χ4v) is 1.97. The summed E-state index contributed by atoms with van der Waals surface area (Å²) in [5, 5.41) is 7.99. The molecule has 0 bridgehead atoms. The van der Waals surface area contributed by atoms with E-state index >= 15 is 0 Å². The Morgan fingerprint density at radius 3 is 2.53 bits per heavy atom. The predicted molar refractivity (Wildman–Crippen MR) is 60.3 cm³/mol. The van der Waals surface area contributed by atoms with Gasteiger partial charge in [-0.05, 0) is 25.5 Å². The van der Waals surface area contributed by atoms with Gasteiger partial charge in [-0.2, -0.15) is 0 Å². The zero-order valence-corrected chi connectivity index (χ0v) is 9.58. The maximum atomic E-state index is 11.6. The molecule has 2 N–H and O–H groups in total. The van der Waals surface area contributed by atoms with Crippen LogP contribution in [0.5, 0.6) is 0 Å². The van der Waals surface area contributed by atoms with Gasteiger partial charge < -0.3 is 5.11 Å². The first-order valence-electron chi connectivity index (χ1n) is 4.65. The number of rotatable bonds is 4. The first kappa shape index (κ1) is 12.0. The van der Waals surface area contributed by atoms with Gasteiger partial charge in [-0.25, -0.2) is 8.42 Å². The minimum atomic E-state index is -3.49. The second-order valence-electron chi connectivity index (χ2n) is 3.46. The van der Waals surface area contributed by atoms with Crippen molar-refractivity contribution in [3.8, 4) is 0 Å². The van der Waals surface area contributed by atoms with Crippen LogP contribution in [-0.4, -0.2) is 25.4 Å². The van der Waals surface area contributed by atoms with Crippen molar-refractivity contribution in [2.75, 3.05) is 11.3 Å². The Morgan fingerprint density at radius 2 is 2.00 bits per heavy atom. The van der Waals surface area contributed by atoms with Crippen molar-refractivity contribution >= 4 is 15.7 Å². The third kappa shape index (κ3) is 2.94. The molecule has 1 aromatic rings. The van der Waals surface area contributed by atoms with E-state index < -0.39 is 15.3 Å². The van der Waals surface area contributed by atoms with Gasteiger partial charge >= 0.3 is 0 Å². The molecule has 0 aromatic heterocycles. The molecule has 1 unspecified atom stereocenters. The Balaban J connectivity index is 2.92. The van der Waals surface area contributed by atoms with Crippen LogP contribution in [0.4, 0.5) is 5.69 Å². The molecule has 84 valence electrons. The number of aliphatic hydroxyl groups excluding tert-OH is 1. The fourth-order valence-electron chi connectivity index (χ4n) is 1.04. The molecule has 0 saturated carbocycles. The van der Waals surface area contributed by atoms with Crippen molar-refractivity contribution in [1.82, 2.24) is 0 Å². The number of hydrogen-bond donors (Lipinski definition) is 2. The van der Waals surface area contributed by atoms with E-state index in [-0.39, 0.29) is 6.61 Å². The first-order chi connectivity index (χ1) is 6.97. The highest BCUT2D eigenvalue weighted by molar-refractivity contribution is 7.93. The lowest BCUT2D eigenvalue weighted by Crippen LogP contribution is -2.28. The van der Waals surface area contributed by atoms with Gasteiger partial charge in [0.25, 0.3) is 0 Å². The van der Waals surface area contributed by atoms with E-state index in [2.05, 4.69) is 4.72 Å². The molecule has 0 fully saturated rings. The van der Waals surface area contributed by atoms with Crippen molar-refractivity contribution in [1.29, 1.82) is 0 Å². The maximum Gasteiger partial charge on any atom is 0.237 e. The van der Waals surface area contributed by atoms with Crippen LogP contribution >= 0.6 is 0 Å². The monoisotopic (exact) mass is 229 g/mol. The molecule has 0 aliphatic rings. The van der Waals surface area contributed by atoms with Crippen LogP contribution in [0.25, 0.3) is 0 Å². The molecule has 4 nitrogen and oxygen atoms in total. The number of hydrogen-bond acceptors (Lipinski definition) is 3. The molecule has 0 aliphatic heterocycles. The molecule has 0 saturated heterocycles. The predicted octanol–water partition coefficient (Wildman–Crippen LogP) is 1.12. The highest BCUT2D eigenvalue weighted by Crippen LogP contribution is 2.16. The Hall–Kier alpha value is -1.07. The summed E-state index contributed by atoms with van der Waals surface area (Å²) in [4.78, 5) is 0. The van der Waals surface area contributed by atoms with E-state index in [4.69, 9.17) is 5.11 Å². The lowest BCUT2D eigenvalue weighted by molar-refractivity contribution is 0.296. The summed E-state index contributed by atoms with van der Waals surface area (Å²) in [5.41, 5.74) is 1.41. The average molecular weight is 229 g/mol. The molecule has 0 amide bonds. The maximum absolute atomic E-state index is 11.6. The average Bonchev–Trinajstić information content (AvgIpc) is 2.20. The van der Waals surface area contributed by atoms with Crippen LogP contribution in [0.2, 0.25) is 0 Å². The van der Waals surface area contributed by atoms with Gasteiger partial charge in [0.1, 0.15) is 5.25 Å². The van der Waals surface area contributed by atoms with Crippen molar-refractivity contribution in [3.63, 3.8) is 0 Å². The minimum absolute atomic E-state index is 0.388. The zero-order chi connectivity index (χ0) is 11.5. The summed E-state index contributed by atoms with van der Waals surface area (Å²) in [6.45, 7) is 2.89. The van der Waals surface area contributed by atoms with E-state index in [1.165, 1.54) is 6.92 Å². The number of sulfonamides is 1. The zero-order valence-electron chi connectivity index (χ0n) is 8.77. The Morgan fingerprint density at radius 1 is 1.40 bits per heavy atom. The van der Waals surface area contributed by atoms with Crippen LogP contribution in [0, 0.1) is 6.92 Å². The second-order valence-corrected chi connectivity index (χ2v) is 5.55. The van der Waals surface area contributed by atoms with Crippen molar-refractivity contribution in [2.45, 2.75) is 19.1 Å². The van der Waals surface area contributed by atoms with Gasteiger partial charge in [0.15, 0.2) is 0 Å². The molecular weight excluding hydrogens is 214 g/mol. The second kappa shape index (κ2) is 4.63. The molecule has 0 radical (unpaired) electrons. The Bertz CT molecular complexity index is 428. The normalized spacial score (nSPS) is 13.5. The number of aliphatic hydroxyl groups is 1. The van der Waals surface area contributed by atoms with Crippen molar-refractivity contribution in [2.24, 2.45) is 0 Å². The summed E-state index contributed by atoms with van der Waals surface area (Å²) in [5.74, 6) is 0. The van der Waals surface area contributed by atoms with Gasteiger partial charge in [0, 0.05) is 0 Å². The van der Waals surface area contributed by atoms with E-state index in [0.29, 0.717) is 5.69 Å². The largest absolute Gasteiger partial charge is 0.395 e. The Labute approximate surface area is 90.0 Å². The number of nitrogens with one attached hydrogen (secondary N) is 1. The lowest BCUT2D eigenvalue weighted by atomic mass is 10.2.